The molecule has 2 rings (SSSR count). The molecule has 4 nitrogen and oxygen atoms in total. The van der Waals surface area contributed by atoms with Crippen molar-refractivity contribution < 1.29 is 4.79 Å². The molecule has 2 N–H and O–H groups in total. The molecule has 21 heavy (non-hydrogen) atoms. The Labute approximate surface area is 126 Å². The van der Waals surface area contributed by atoms with Gasteiger partial charge in [-0.25, -0.2) is 0 Å². The van der Waals surface area contributed by atoms with Crippen molar-refractivity contribution in [1.82, 2.24) is 15.2 Å². The summed E-state index contributed by atoms with van der Waals surface area (Å²) in [6.07, 6.45) is 3.05. The van der Waals surface area contributed by atoms with E-state index in [2.05, 4.69) is 29.7 Å². The lowest BCUT2D eigenvalue weighted by molar-refractivity contribution is 0.0945. The third-order valence-corrected chi connectivity index (χ3v) is 3.27. The van der Waals surface area contributed by atoms with Crippen LogP contribution < -0.4 is 10.6 Å². The van der Waals surface area contributed by atoms with Crippen LogP contribution in [0.25, 0.3) is 0 Å². The largest absolute Gasteiger partial charge is 0.349 e. The Morgan fingerprint density at radius 3 is 2.62 bits per heavy atom. The fourth-order valence-electron chi connectivity index (χ4n) is 2.19. The zero-order valence-electron chi connectivity index (χ0n) is 12.5. The van der Waals surface area contributed by atoms with E-state index in [-0.39, 0.29) is 5.91 Å². The van der Waals surface area contributed by atoms with E-state index in [1.54, 1.807) is 0 Å². The average Bonchev–Trinajstić information content (AvgIpc) is 2.96. The number of benzene rings is 1. The van der Waals surface area contributed by atoms with Gasteiger partial charge in [0.25, 0.3) is 5.91 Å². The predicted molar refractivity (Wildman–Crippen MR) is 85.5 cm³/mol. The standard InChI is InChI=1S/C17H23N3O/c1-2-10-18-11-12-19-17(21)16-9-6-13-20(16)14-15-7-4-3-5-8-15/h3-9,13,18H,2,10-12,14H2,1H3,(H,19,21). The third kappa shape index (κ3) is 4.76. The maximum atomic E-state index is 12.2. The summed E-state index contributed by atoms with van der Waals surface area (Å²) in [6, 6.07) is 13.9. The highest BCUT2D eigenvalue weighted by Crippen LogP contribution is 2.07. The topological polar surface area (TPSA) is 46.1 Å². The molecule has 0 aliphatic heterocycles. The molecule has 0 spiro atoms. The van der Waals surface area contributed by atoms with Crippen molar-refractivity contribution in [3.63, 3.8) is 0 Å². The fraction of sp³-hybridized carbons (Fsp3) is 0.353. The van der Waals surface area contributed by atoms with Crippen LogP contribution in [-0.2, 0) is 6.54 Å². The lowest BCUT2D eigenvalue weighted by atomic mass is 10.2. The molecule has 4 heteroatoms. The first-order chi connectivity index (χ1) is 10.3. The maximum Gasteiger partial charge on any atom is 0.267 e. The van der Waals surface area contributed by atoms with Gasteiger partial charge in [0.15, 0.2) is 0 Å². The summed E-state index contributed by atoms with van der Waals surface area (Å²) in [5.74, 6) is -0.0192. The molecule has 1 amide bonds. The Morgan fingerprint density at radius 2 is 1.86 bits per heavy atom. The normalized spacial score (nSPS) is 10.5. The van der Waals surface area contributed by atoms with Crippen molar-refractivity contribution in [2.45, 2.75) is 19.9 Å². The second-order valence-corrected chi connectivity index (χ2v) is 5.01. The van der Waals surface area contributed by atoms with Gasteiger partial charge in [-0.3, -0.25) is 4.79 Å². The molecule has 0 aliphatic carbocycles. The van der Waals surface area contributed by atoms with Crippen molar-refractivity contribution in [3.05, 3.63) is 59.9 Å². The predicted octanol–water partition coefficient (Wildman–Crippen LogP) is 2.27. The van der Waals surface area contributed by atoms with Gasteiger partial charge in [-0.2, -0.15) is 0 Å². The van der Waals surface area contributed by atoms with Gasteiger partial charge in [-0.15, -0.1) is 0 Å². The quantitative estimate of drug-likeness (QED) is 0.731. The van der Waals surface area contributed by atoms with Crippen LogP contribution in [0.3, 0.4) is 0 Å². The molecule has 1 aromatic heterocycles. The van der Waals surface area contributed by atoms with Crippen LogP contribution in [0.2, 0.25) is 0 Å². The summed E-state index contributed by atoms with van der Waals surface area (Å²) in [5.41, 5.74) is 1.89. The number of hydrogen-bond donors (Lipinski definition) is 2. The van der Waals surface area contributed by atoms with E-state index in [1.807, 2.05) is 41.1 Å². The van der Waals surface area contributed by atoms with Crippen LogP contribution in [0.1, 0.15) is 29.4 Å². The molecule has 0 saturated carbocycles. The van der Waals surface area contributed by atoms with Crippen molar-refractivity contribution in [2.75, 3.05) is 19.6 Å². The monoisotopic (exact) mass is 285 g/mol. The molecular weight excluding hydrogens is 262 g/mol. The van der Waals surface area contributed by atoms with E-state index in [1.165, 1.54) is 5.56 Å². The van der Waals surface area contributed by atoms with Crippen LogP contribution >= 0.6 is 0 Å². The molecule has 0 unspecified atom stereocenters. The average molecular weight is 285 g/mol. The van der Waals surface area contributed by atoms with Gasteiger partial charge in [0, 0.05) is 25.8 Å². The number of rotatable bonds is 8. The van der Waals surface area contributed by atoms with Crippen molar-refractivity contribution in [2.24, 2.45) is 0 Å². The Bertz CT molecular complexity index is 548. The number of carbonyl (C=O) groups excluding carboxylic acids is 1. The summed E-state index contributed by atoms with van der Waals surface area (Å²) in [4.78, 5) is 12.2. The number of hydrogen-bond acceptors (Lipinski definition) is 2. The molecular formula is C17H23N3O. The lowest BCUT2D eigenvalue weighted by Gasteiger charge is -2.10. The molecule has 112 valence electrons. The van der Waals surface area contributed by atoms with Gasteiger partial charge in [-0.05, 0) is 30.7 Å². The summed E-state index contributed by atoms with van der Waals surface area (Å²) in [5, 5.41) is 6.22. The summed E-state index contributed by atoms with van der Waals surface area (Å²) < 4.78 is 1.98. The first kappa shape index (κ1) is 15.3. The van der Waals surface area contributed by atoms with Crippen LogP contribution in [0, 0.1) is 0 Å². The lowest BCUT2D eigenvalue weighted by Crippen LogP contribution is -2.33. The third-order valence-electron chi connectivity index (χ3n) is 3.27. The fourth-order valence-corrected chi connectivity index (χ4v) is 2.19. The van der Waals surface area contributed by atoms with E-state index < -0.39 is 0 Å². The molecule has 1 aromatic carbocycles. The molecule has 2 aromatic rings. The van der Waals surface area contributed by atoms with Gasteiger partial charge in [0.2, 0.25) is 0 Å². The highest BCUT2D eigenvalue weighted by molar-refractivity contribution is 5.92. The first-order valence-corrected chi connectivity index (χ1v) is 7.49. The number of nitrogens with zero attached hydrogens (tertiary/aromatic N) is 1. The van der Waals surface area contributed by atoms with E-state index in [0.717, 1.165) is 19.5 Å². The second-order valence-electron chi connectivity index (χ2n) is 5.01. The van der Waals surface area contributed by atoms with Crippen molar-refractivity contribution in [1.29, 1.82) is 0 Å². The smallest absolute Gasteiger partial charge is 0.267 e. The first-order valence-electron chi connectivity index (χ1n) is 7.49. The number of amides is 1. The SMILES string of the molecule is CCCNCCNC(=O)c1cccn1Cc1ccccc1. The van der Waals surface area contributed by atoms with E-state index >= 15 is 0 Å². The van der Waals surface area contributed by atoms with Crippen LogP contribution in [0.5, 0.6) is 0 Å². The minimum atomic E-state index is -0.0192. The van der Waals surface area contributed by atoms with E-state index in [4.69, 9.17) is 0 Å². The van der Waals surface area contributed by atoms with Gasteiger partial charge in [0.05, 0.1) is 0 Å². The molecule has 0 saturated heterocycles. The highest BCUT2D eigenvalue weighted by atomic mass is 16.1. The number of nitrogens with one attached hydrogen (secondary N) is 2. The molecule has 0 radical (unpaired) electrons. The van der Waals surface area contributed by atoms with Crippen LogP contribution in [-0.4, -0.2) is 30.1 Å². The van der Waals surface area contributed by atoms with Crippen LogP contribution in [0.15, 0.2) is 48.7 Å². The molecule has 1 heterocycles. The minimum absolute atomic E-state index is 0.0192. The Kier molecular flexibility index (Phi) is 6.03. The highest BCUT2D eigenvalue weighted by Gasteiger charge is 2.10. The zero-order valence-corrected chi connectivity index (χ0v) is 12.5. The molecule has 0 bridgehead atoms. The minimum Gasteiger partial charge on any atom is -0.349 e. The van der Waals surface area contributed by atoms with Gasteiger partial charge in [0.1, 0.15) is 5.69 Å². The molecule has 0 aliphatic rings. The molecule has 0 atom stereocenters. The number of carbonyl (C=O) groups is 1. The van der Waals surface area contributed by atoms with Gasteiger partial charge < -0.3 is 15.2 Å². The van der Waals surface area contributed by atoms with Gasteiger partial charge in [-0.1, -0.05) is 37.3 Å². The summed E-state index contributed by atoms with van der Waals surface area (Å²) in [7, 11) is 0. The van der Waals surface area contributed by atoms with E-state index in [0.29, 0.717) is 18.8 Å². The van der Waals surface area contributed by atoms with Crippen LogP contribution in [0.4, 0.5) is 0 Å². The maximum absolute atomic E-state index is 12.2. The number of aromatic nitrogens is 1. The Hall–Kier alpha value is -2.07. The Balaban J connectivity index is 1.89. The summed E-state index contributed by atoms with van der Waals surface area (Å²) in [6.45, 7) is 5.28. The van der Waals surface area contributed by atoms with Crippen molar-refractivity contribution >= 4 is 5.91 Å². The Morgan fingerprint density at radius 1 is 1.05 bits per heavy atom. The zero-order chi connectivity index (χ0) is 14.9. The van der Waals surface area contributed by atoms with Gasteiger partial charge >= 0.3 is 0 Å². The summed E-state index contributed by atoms with van der Waals surface area (Å²) >= 11 is 0. The second kappa shape index (κ2) is 8.27. The molecule has 0 fully saturated rings. The van der Waals surface area contributed by atoms with E-state index in [9.17, 15) is 4.79 Å². The van der Waals surface area contributed by atoms with Crippen molar-refractivity contribution in [3.8, 4) is 0 Å².